The molecule has 19 heavy (non-hydrogen) atoms. The number of hydrogen-bond donors (Lipinski definition) is 2. The van der Waals surface area contributed by atoms with Gasteiger partial charge >= 0.3 is 0 Å². The Labute approximate surface area is 115 Å². The van der Waals surface area contributed by atoms with Gasteiger partial charge in [0.15, 0.2) is 0 Å². The molecule has 2 rings (SSSR count). The van der Waals surface area contributed by atoms with Gasteiger partial charge in [0.05, 0.1) is 5.92 Å². The largest absolute Gasteiger partial charge is 0.382 e. The van der Waals surface area contributed by atoms with Crippen LogP contribution >= 0.6 is 0 Å². The molecule has 0 fully saturated rings. The van der Waals surface area contributed by atoms with Crippen molar-refractivity contribution in [3.8, 4) is 0 Å². The van der Waals surface area contributed by atoms with E-state index in [0.29, 0.717) is 12.0 Å². The molecule has 0 saturated carbocycles. The van der Waals surface area contributed by atoms with Crippen LogP contribution < -0.4 is 10.6 Å². The molecule has 0 aliphatic carbocycles. The van der Waals surface area contributed by atoms with Gasteiger partial charge in [0.1, 0.15) is 0 Å². The third-order valence-corrected chi connectivity index (χ3v) is 3.97. The highest BCUT2D eigenvalue weighted by atomic mass is 16.1. The summed E-state index contributed by atoms with van der Waals surface area (Å²) in [6, 6.07) is 8.47. The average Bonchev–Trinajstić information content (AvgIpc) is 2.43. The highest BCUT2D eigenvalue weighted by Gasteiger charge is 2.29. The molecule has 0 aromatic heterocycles. The first-order valence-corrected chi connectivity index (χ1v) is 7.25. The Morgan fingerprint density at radius 3 is 2.95 bits per heavy atom. The van der Waals surface area contributed by atoms with E-state index >= 15 is 0 Å². The monoisotopic (exact) mass is 260 g/mol. The molecule has 3 unspecified atom stereocenters. The molecule has 1 aromatic rings. The summed E-state index contributed by atoms with van der Waals surface area (Å²) < 4.78 is 0. The highest BCUT2D eigenvalue weighted by molar-refractivity contribution is 5.86. The zero-order valence-corrected chi connectivity index (χ0v) is 12.1. The standard InChI is InChI=1S/C16H24N2O/c1-4-11(2)10-17-16(19)14-9-12(3)18-15-8-6-5-7-13(14)15/h5-8,11-12,14,18H,4,9-10H2,1-3H3,(H,17,19). The lowest BCUT2D eigenvalue weighted by Gasteiger charge is -2.30. The Bertz CT molecular complexity index is 444. The molecule has 0 bridgehead atoms. The van der Waals surface area contributed by atoms with E-state index in [1.807, 2.05) is 12.1 Å². The molecule has 0 spiro atoms. The smallest absolute Gasteiger partial charge is 0.227 e. The predicted octanol–water partition coefficient (Wildman–Crippen LogP) is 3.14. The molecule has 0 radical (unpaired) electrons. The van der Waals surface area contributed by atoms with Crippen molar-refractivity contribution in [2.24, 2.45) is 5.92 Å². The summed E-state index contributed by atoms with van der Waals surface area (Å²) in [5, 5.41) is 6.54. The minimum Gasteiger partial charge on any atom is -0.382 e. The van der Waals surface area contributed by atoms with Crippen LogP contribution in [0.3, 0.4) is 0 Å². The fourth-order valence-electron chi connectivity index (χ4n) is 2.53. The number of para-hydroxylation sites is 1. The number of rotatable bonds is 4. The second-order valence-electron chi connectivity index (χ2n) is 5.68. The normalized spacial score (nSPS) is 23.1. The van der Waals surface area contributed by atoms with Crippen molar-refractivity contribution in [3.05, 3.63) is 29.8 Å². The zero-order chi connectivity index (χ0) is 13.8. The van der Waals surface area contributed by atoms with E-state index < -0.39 is 0 Å². The fourth-order valence-corrected chi connectivity index (χ4v) is 2.53. The van der Waals surface area contributed by atoms with Crippen molar-refractivity contribution in [1.82, 2.24) is 5.32 Å². The van der Waals surface area contributed by atoms with Gasteiger partial charge in [0.2, 0.25) is 5.91 Å². The van der Waals surface area contributed by atoms with Gasteiger partial charge in [-0.05, 0) is 30.9 Å². The Morgan fingerprint density at radius 1 is 1.47 bits per heavy atom. The molecule has 2 N–H and O–H groups in total. The number of carbonyl (C=O) groups is 1. The molecular formula is C16H24N2O. The van der Waals surface area contributed by atoms with Crippen molar-refractivity contribution >= 4 is 11.6 Å². The van der Waals surface area contributed by atoms with E-state index in [1.165, 1.54) is 0 Å². The van der Waals surface area contributed by atoms with Gasteiger partial charge in [-0.1, -0.05) is 38.5 Å². The molecule has 3 heteroatoms. The lowest BCUT2D eigenvalue weighted by atomic mass is 9.86. The molecule has 0 saturated heterocycles. The SMILES string of the molecule is CCC(C)CNC(=O)C1CC(C)Nc2ccccc21. The molecule has 1 heterocycles. The lowest BCUT2D eigenvalue weighted by Crippen LogP contribution is -2.37. The van der Waals surface area contributed by atoms with Crippen LogP contribution in [0.4, 0.5) is 5.69 Å². The summed E-state index contributed by atoms with van der Waals surface area (Å²) >= 11 is 0. The van der Waals surface area contributed by atoms with Gasteiger partial charge in [-0.3, -0.25) is 4.79 Å². The summed E-state index contributed by atoms with van der Waals surface area (Å²) in [5.41, 5.74) is 2.23. The quantitative estimate of drug-likeness (QED) is 0.873. The number of nitrogens with one attached hydrogen (secondary N) is 2. The van der Waals surface area contributed by atoms with Crippen LogP contribution in [0.5, 0.6) is 0 Å². The first kappa shape index (κ1) is 13.9. The van der Waals surface area contributed by atoms with Crippen LogP contribution in [0.15, 0.2) is 24.3 Å². The van der Waals surface area contributed by atoms with Gasteiger partial charge in [0, 0.05) is 18.3 Å². The van der Waals surface area contributed by atoms with Crippen LogP contribution in [0.1, 0.15) is 45.1 Å². The molecule has 3 atom stereocenters. The summed E-state index contributed by atoms with van der Waals surface area (Å²) in [7, 11) is 0. The number of fused-ring (bicyclic) bond motifs is 1. The van der Waals surface area contributed by atoms with Gasteiger partial charge in [-0.15, -0.1) is 0 Å². The number of benzene rings is 1. The van der Waals surface area contributed by atoms with Gasteiger partial charge in [0.25, 0.3) is 0 Å². The Balaban J connectivity index is 2.09. The Hall–Kier alpha value is -1.51. The molecule has 1 amide bonds. The number of carbonyl (C=O) groups excluding carboxylic acids is 1. The van der Waals surface area contributed by atoms with Crippen molar-refractivity contribution in [2.45, 2.75) is 45.6 Å². The Morgan fingerprint density at radius 2 is 2.21 bits per heavy atom. The second kappa shape index (κ2) is 6.09. The molecular weight excluding hydrogens is 236 g/mol. The van der Waals surface area contributed by atoms with E-state index in [9.17, 15) is 4.79 Å². The maximum atomic E-state index is 12.4. The summed E-state index contributed by atoms with van der Waals surface area (Å²) in [6.07, 6.45) is 1.96. The van der Waals surface area contributed by atoms with Crippen LogP contribution in [0.2, 0.25) is 0 Å². The first-order chi connectivity index (χ1) is 9.11. The highest BCUT2D eigenvalue weighted by Crippen LogP contribution is 2.34. The van der Waals surface area contributed by atoms with Crippen molar-refractivity contribution in [2.75, 3.05) is 11.9 Å². The number of hydrogen-bond acceptors (Lipinski definition) is 2. The van der Waals surface area contributed by atoms with Crippen molar-refractivity contribution in [3.63, 3.8) is 0 Å². The van der Waals surface area contributed by atoms with Gasteiger partial charge in [-0.2, -0.15) is 0 Å². The van der Waals surface area contributed by atoms with Crippen molar-refractivity contribution in [1.29, 1.82) is 0 Å². The predicted molar refractivity (Wildman–Crippen MR) is 79.3 cm³/mol. The Kier molecular flexibility index (Phi) is 4.46. The fraction of sp³-hybridized carbons (Fsp3) is 0.562. The first-order valence-electron chi connectivity index (χ1n) is 7.25. The summed E-state index contributed by atoms with van der Waals surface area (Å²) in [6.45, 7) is 7.22. The zero-order valence-electron chi connectivity index (χ0n) is 12.1. The molecule has 3 nitrogen and oxygen atoms in total. The van der Waals surface area contributed by atoms with E-state index in [-0.39, 0.29) is 11.8 Å². The van der Waals surface area contributed by atoms with E-state index in [0.717, 1.165) is 30.6 Å². The molecule has 1 aromatic carbocycles. The number of amides is 1. The van der Waals surface area contributed by atoms with Gasteiger partial charge < -0.3 is 10.6 Å². The summed E-state index contributed by atoms with van der Waals surface area (Å²) in [5.74, 6) is 0.691. The van der Waals surface area contributed by atoms with Crippen LogP contribution in [0.25, 0.3) is 0 Å². The van der Waals surface area contributed by atoms with Crippen LogP contribution in [0, 0.1) is 5.92 Å². The average molecular weight is 260 g/mol. The minimum atomic E-state index is -0.0171. The van der Waals surface area contributed by atoms with Crippen LogP contribution in [-0.2, 0) is 4.79 Å². The third-order valence-electron chi connectivity index (χ3n) is 3.97. The van der Waals surface area contributed by atoms with E-state index in [1.54, 1.807) is 0 Å². The molecule has 104 valence electrons. The third kappa shape index (κ3) is 3.28. The van der Waals surface area contributed by atoms with E-state index in [2.05, 4.69) is 43.5 Å². The second-order valence-corrected chi connectivity index (χ2v) is 5.68. The molecule has 1 aliphatic rings. The molecule has 1 aliphatic heterocycles. The van der Waals surface area contributed by atoms with Crippen LogP contribution in [-0.4, -0.2) is 18.5 Å². The van der Waals surface area contributed by atoms with Gasteiger partial charge in [-0.25, -0.2) is 0 Å². The van der Waals surface area contributed by atoms with E-state index in [4.69, 9.17) is 0 Å². The maximum absolute atomic E-state index is 12.4. The van der Waals surface area contributed by atoms with Crippen molar-refractivity contribution < 1.29 is 4.79 Å². The summed E-state index contributed by atoms with van der Waals surface area (Å²) in [4.78, 5) is 12.4. The number of anilines is 1. The topological polar surface area (TPSA) is 41.1 Å². The minimum absolute atomic E-state index is 0.0171. The lowest BCUT2D eigenvalue weighted by molar-refractivity contribution is -0.123. The maximum Gasteiger partial charge on any atom is 0.227 e.